The number of nitrogens with zero attached hydrogens (tertiary/aromatic N) is 1. The summed E-state index contributed by atoms with van der Waals surface area (Å²) in [7, 11) is -3.82. The monoisotopic (exact) mass is 420 g/mol. The molecule has 1 atom stereocenters. The number of fused-ring (bicyclic) bond motifs is 1. The Bertz CT molecular complexity index is 1140. The van der Waals surface area contributed by atoms with E-state index >= 15 is 0 Å². The van der Waals surface area contributed by atoms with Gasteiger partial charge in [0.25, 0.3) is 5.91 Å². The molecule has 1 saturated heterocycles. The number of nitrogens with two attached hydrogens (primary N) is 1. The van der Waals surface area contributed by atoms with E-state index in [-0.39, 0.29) is 24.6 Å². The summed E-state index contributed by atoms with van der Waals surface area (Å²) >= 11 is 1.27. The summed E-state index contributed by atoms with van der Waals surface area (Å²) in [6, 6.07) is 12.2. The second kappa shape index (κ2) is 7.25. The Balaban J connectivity index is 1.72. The molecule has 0 radical (unpaired) electrons. The Morgan fingerprint density at radius 2 is 1.89 bits per heavy atom. The first-order valence-electron chi connectivity index (χ1n) is 8.56. The molecule has 146 valence electrons. The number of ether oxygens (including phenoxy) is 1. The summed E-state index contributed by atoms with van der Waals surface area (Å²) in [6.45, 7) is 0.387. The first kappa shape index (κ1) is 19.0. The Hall–Kier alpha value is -2.33. The molecular weight excluding hydrogens is 403 g/mol. The van der Waals surface area contributed by atoms with Crippen LogP contribution in [0, 0.1) is 5.82 Å². The zero-order chi connectivity index (χ0) is 19.9. The van der Waals surface area contributed by atoms with Crippen molar-refractivity contribution in [3.8, 4) is 0 Å². The zero-order valence-electron chi connectivity index (χ0n) is 14.7. The van der Waals surface area contributed by atoms with Gasteiger partial charge in [0.2, 0.25) is 10.0 Å². The van der Waals surface area contributed by atoms with E-state index in [2.05, 4.69) is 0 Å². The molecule has 2 heterocycles. The molecule has 2 N–H and O–H groups in total. The van der Waals surface area contributed by atoms with Gasteiger partial charge in [-0.15, -0.1) is 11.3 Å². The maximum atomic E-state index is 13.2. The first-order valence-corrected chi connectivity index (χ1v) is 10.8. The number of carbonyl (C=O) groups excluding carboxylic acids is 1. The third-order valence-corrected chi connectivity index (χ3v) is 7.74. The Labute approximate surface area is 165 Å². The molecule has 1 aromatic heterocycles. The number of hydrogen-bond acceptors (Lipinski definition) is 5. The highest BCUT2D eigenvalue weighted by Gasteiger charge is 2.34. The van der Waals surface area contributed by atoms with E-state index in [1.54, 1.807) is 0 Å². The third kappa shape index (κ3) is 3.30. The average Bonchev–Trinajstić information content (AvgIpc) is 3.08. The minimum atomic E-state index is -3.82. The largest absolute Gasteiger partial charge is 0.371 e. The molecule has 1 amide bonds. The standard InChI is InChI=1S/C19H17FN2O4S2/c20-12-5-7-13(8-6-12)28(24,25)22-9-10-26-15(11-22)17-14-3-1-2-4-16(14)27-18(17)19(21)23/h1-8,15H,9-11H2,(H2,21,23)/t15-/m0/s1. The van der Waals surface area contributed by atoms with Crippen molar-refractivity contribution >= 4 is 37.4 Å². The van der Waals surface area contributed by atoms with Gasteiger partial charge >= 0.3 is 0 Å². The lowest BCUT2D eigenvalue weighted by Crippen LogP contribution is -2.42. The number of primary amides is 1. The van der Waals surface area contributed by atoms with Crippen molar-refractivity contribution in [2.24, 2.45) is 5.73 Å². The van der Waals surface area contributed by atoms with Crippen LogP contribution in [0.25, 0.3) is 10.1 Å². The van der Waals surface area contributed by atoms with Gasteiger partial charge in [-0.25, -0.2) is 12.8 Å². The maximum Gasteiger partial charge on any atom is 0.259 e. The van der Waals surface area contributed by atoms with Crippen LogP contribution in [0.1, 0.15) is 21.3 Å². The number of thiophene rings is 1. The smallest absolute Gasteiger partial charge is 0.259 e. The van der Waals surface area contributed by atoms with Crippen LogP contribution in [0.3, 0.4) is 0 Å². The molecule has 3 aromatic rings. The molecule has 4 rings (SSSR count). The molecule has 1 aliphatic heterocycles. The van der Waals surface area contributed by atoms with Gasteiger partial charge in [-0.1, -0.05) is 18.2 Å². The molecule has 0 aliphatic carbocycles. The third-order valence-electron chi connectivity index (χ3n) is 4.66. The second-order valence-electron chi connectivity index (χ2n) is 6.38. The topological polar surface area (TPSA) is 89.7 Å². The summed E-state index contributed by atoms with van der Waals surface area (Å²) < 4.78 is 47.1. The summed E-state index contributed by atoms with van der Waals surface area (Å²) in [5.74, 6) is -1.08. The first-order chi connectivity index (χ1) is 13.4. The zero-order valence-corrected chi connectivity index (χ0v) is 16.3. The summed E-state index contributed by atoms with van der Waals surface area (Å²) in [5, 5.41) is 0.826. The molecule has 0 bridgehead atoms. The van der Waals surface area contributed by atoms with Gasteiger partial charge in [0, 0.05) is 23.4 Å². The van der Waals surface area contributed by atoms with Gasteiger partial charge in [-0.3, -0.25) is 4.79 Å². The molecule has 9 heteroatoms. The fourth-order valence-corrected chi connectivity index (χ4v) is 5.87. The van der Waals surface area contributed by atoms with Crippen molar-refractivity contribution in [1.29, 1.82) is 0 Å². The number of sulfonamides is 1. The highest BCUT2D eigenvalue weighted by molar-refractivity contribution is 7.89. The van der Waals surface area contributed by atoms with E-state index < -0.39 is 27.9 Å². The molecule has 28 heavy (non-hydrogen) atoms. The lowest BCUT2D eigenvalue weighted by molar-refractivity contribution is -0.00188. The Morgan fingerprint density at radius 3 is 2.61 bits per heavy atom. The van der Waals surface area contributed by atoms with Crippen molar-refractivity contribution in [1.82, 2.24) is 4.31 Å². The van der Waals surface area contributed by atoms with Crippen LogP contribution < -0.4 is 5.73 Å². The minimum Gasteiger partial charge on any atom is -0.371 e. The van der Waals surface area contributed by atoms with E-state index in [1.165, 1.54) is 27.8 Å². The normalized spacial score (nSPS) is 18.4. The lowest BCUT2D eigenvalue weighted by Gasteiger charge is -2.32. The van der Waals surface area contributed by atoms with Crippen LogP contribution in [0.5, 0.6) is 0 Å². The SMILES string of the molecule is NC(=O)c1sc2ccccc2c1[C@@H]1CN(S(=O)(=O)c2ccc(F)cc2)CCO1. The number of benzene rings is 2. The van der Waals surface area contributed by atoms with E-state index in [0.29, 0.717) is 10.4 Å². The van der Waals surface area contributed by atoms with Gasteiger partial charge in [0.1, 0.15) is 5.82 Å². The molecule has 0 unspecified atom stereocenters. The second-order valence-corrected chi connectivity index (χ2v) is 9.37. The lowest BCUT2D eigenvalue weighted by atomic mass is 10.0. The van der Waals surface area contributed by atoms with Crippen LogP contribution in [0.4, 0.5) is 4.39 Å². The molecule has 0 saturated carbocycles. The van der Waals surface area contributed by atoms with Crippen LogP contribution in [-0.2, 0) is 14.8 Å². The van der Waals surface area contributed by atoms with Gasteiger partial charge in [0.05, 0.1) is 22.5 Å². The molecule has 6 nitrogen and oxygen atoms in total. The summed E-state index contributed by atoms with van der Waals surface area (Å²) in [5.41, 5.74) is 6.18. The summed E-state index contributed by atoms with van der Waals surface area (Å²) in [6.07, 6.45) is -0.623. The van der Waals surface area contributed by atoms with Crippen LogP contribution in [0.2, 0.25) is 0 Å². The molecule has 1 fully saturated rings. The van der Waals surface area contributed by atoms with E-state index in [0.717, 1.165) is 22.2 Å². The van der Waals surface area contributed by atoms with Crippen molar-refractivity contribution in [2.75, 3.05) is 19.7 Å². The number of rotatable bonds is 4. The van der Waals surface area contributed by atoms with Crippen molar-refractivity contribution in [2.45, 2.75) is 11.0 Å². The van der Waals surface area contributed by atoms with Gasteiger partial charge in [-0.05, 0) is 35.7 Å². The predicted molar refractivity (Wildman–Crippen MR) is 104 cm³/mol. The molecule has 1 aliphatic rings. The highest BCUT2D eigenvalue weighted by Crippen LogP contribution is 2.38. The number of amides is 1. The average molecular weight is 420 g/mol. The number of carbonyl (C=O) groups is 1. The van der Waals surface area contributed by atoms with Crippen molar-refractivity contribution < 1.29 is 22.3 Å². The fraction of sp³-hybridized carbons (Fsp3) is 0.211. The van der Waals surface area contributed by atoms with Gasteiger partial charge < -0.3 is 10.5 Å². The van der Waals surface area contributed by atoms with Gasteiger partial charge in [0.15, 0.2) is 0 Å². The van der Waals surface area contributed by atoms with E-state index in [4.69, 9.17) is 10.5 Å². The van der Waals surface area contributed by atoms with Crippen LogP contribution in [0.15, 0.2) is 53.4 Å². The number of hydrogen-bond donors (Lipinski definition) is 1. The quantitative estimate of drug-likeness (QED) is 0.703. The molecular formula is C19H17FN2O4S2. The van der Waals surface area contributed by atoms with Crippen molar-refractivity contribution in [3.05, 3.63) is 64.8 Å². The van der Waals surface area contributed by atoms with E-state index in [1.807, 2.05) is 24.3 Å². The fourth-order valence-electron chi connectivity index (χ4n) is 3.34. The molecule has 2 aromatic carbocycles. The maximum absolute atomic E-state index is 13.2. The molecule has 0 spiro atoms. The Morgan fingerprint density at radius 1 is 1.18 bits per heavy atom. The predicted octanol–water partition coefficient (Wildman–Crippen LogP) is 2.90. The number of morpholine rings is 1. The highest BCUT2D eigenvalue weighted by atomic mass is 32.2. The van der Waals surface area contributed by atoms with Crippen LogP contribution in [-0.4, -0.2) is 38.3 Å². The van der Waals surface area contributed by atoms with E-state index in [9.17, 15) is 17.6 Å². The Kier molecular flexibility index (Phi) is 4.92. The number of halogens is 1. The summed E-state index contributed by atoms with van der Waals surface area (Å²) in [4.78, 5) is 12.4. The van der Waals surface area contributed by atoms with Crippen molar-refractivity contribution in [3.63, 3.8) is 0 Å². The minimum absolute atomic E-state index is 0.0138. The van der Waals surface area contributed by atoms with Crippen LogP contribution >= 0.6 is 11.3 Å². The van der Waals surface area contributed by atoms with Gasteiger partial charge in [-0.2, -0.15) is 4.31 Å².